The standard InChI is InChI=1S/C13H15ClN2O2S/c14-13-3-1-12(2-4-13)10-19(17,18)16-7-5-11(9-15)6-8-16/h1-4,11H,5-8,10H2. The Labute approximate surface area is 118 Å². The summed E-state index contributed by atoms with van der Waals surface area (Å²) in [5, 5.41) is 9.40. The summed E-state index contributed by atoms with van der Waals surface area (Å²) < 4.78 is 26.0. The molecule has 2 rings (SSSR count). The molecule has 1 aliphatic heterocycles. The van der Waals surface area contributed by atoms with Gasteiger partial charge in [0, 0.05) is 24.0 Å². The lowest BCUT2D eigenvalue weighted by molar-refractivity contribution is 0.309. The van der Waals surface area contributed by atoms with E-state index in [0.717, 1.165) is 5.56 Å². The lowest BCUT2D eigenvalue weighted by atomic mass is 10.0. The first-order valence-electron chi connectivity index (χ1n) is 6.13. The molecular weight excluding hydrogens is 284 g/mol. The zero-order valence-corrected chi connectivity index (χ0v) is 12.0. The van der Waals surface area contributed by atoms with Gasteiger partial charge in [-0.15, -0.1) is 0 Å². The number of halogens is 1. The SMILES string of the molecule is N#CC1CCN(S(=O)(=O)Cc2ccc(Cl)cc2)CC1. The second-order valence-corrected chi connectivity index (χ2v) is 7.09. The fourth-order valence-electron chi connectivity index (χ4n) is 2.15. The van der Waals surface area contributed by atoms with Crippen molar-refractivity contribution in [2.45, 2.75) is 18.6 Å². The van der Waals surface area contributed by atoms with Crippen LogP contribution in [0.25, 0.3) is 0 Å². The van der Waals surface area contributed by atoms with Crippen molar-refractivity contribution in [3.05, 3.63) is 34.9 Å². The molecule has 0 spiro atoms. The highest BCUT2D eigenvalue weighted by Crippen LogP contribution is 2.21. The van der Waals surface area contributed by atoms with Crippen LogP contribution in [-0.4, -0.2) is 25.8 Å². The Kier molecular flexibility index (Phi) is 4.46. The van der Waals surface area contributed by atoms with Gasteiger partial charge >= 0.3 is 0 Å². The molecule has 0 bridgehead atoms. The highest BCUT2D eigenvalue weighted by Gasteiger charge is 2.27. The summed E-state index contributed by atoms with van der Waals surface area (Å²) in [6, 6.07) is 9.02. The van der Waals surface area contributed by atoms with Crippen LogP contribution < -0.4 is 0 Å². The fraction of sp³-hybridized carbons (Fsp3) is 0.462. The monoisotopic (exact) mass is 298 g/mol. The number of sulfonamides is 1. The quantitative estimate of drug-likeness (QED) is 0.861. The third-order valence-electron chi connectivity index (χ3n) is 3.29. The predicted molar refractivity (Wildman–Crippen MR) is 74.0 cm³/mol. The first kappa shape index (κ1) is 14.3. The lowest BCUT2D eigenvalue weighted by Gasteiger charge is -2.28. The molecule has 0 saturated carbocycles. The fourth-order valence-corrected chi connectivity index (χ4v) is 3.84. The van der Waals surface area contributed by atoms with E-state index in [4.69, 9.17) is 16.9 Å². The van der Waals surface area contributed by atoms with E-state index < -0.39 is 10.0 Å². The van der Waals surface area contributed by atoms with E-state index >= 15 is 0 Å². The molecule has 102 valence electrons. The van der Waals surface area contributed by atoms with Crippen LogP contribution in [0.15, 0.2) is 24.3 Å². The summed E-state index contributed by atoms with van der Waals surface area (Å²) in [6.07, 6.45) is 1.24. The maximum absolute atomic E-state index is 12.2. The first-order valence-corrected chi connectivity index (χ1v) is 8.12. The van der Waals surface area contributed by atoms with Gasteiger partial charge in [0.15, 0.2) is 0 Å². The largest absolute Gasteiger partial charge is 0.218 e. The van der Waals surface area contributed by atoms with Gasteiger partial charge in [-0.3, -0.25) is 0 Å². The number of hydrogen-bond acceptors (Lipinski definition) is 3. The molecule has 1 fully saturated rings. The zero-order chi connectivity index (χ0) is 13.9. The van der Waals surface area contributed by atoms with Gasteiger partial charge in [0.05, 0.1) is 11.8 Å². The Bertz CT molecular complexity index is 570. The smallest absolute Gasteiger partial charge is 0.212 e. The van der Waals surface area contributed by atoms with Gasteiger partial charge in [-0.25, -0.2) is 12.7 Å². The second-order valence-electron chi connectivity index (χ2n) is 4.69. The van der Waals surface area contributed by atoms with Gasteiger partial charge in [-0.05, 0) is 30.5 Å². The molecule has 0 aliphatic carbocycles. The van der Waals surface area contributed by atoms with E-state index in [-0.39, 0.29) is 11.7 Å². The van der Waals surface area contributed by atoms with Crippen LogP contribution in [0.5, 0.6) is 0 Å². The number of piperidine rings is 1. The number of benzene rings is 1. The summed E-state index contributed by atoms with van der Waals surface area (Å²) in [5.74, 6) is -0.0246. The van der Waals surface area contributed by atoms with Crippen LogP contribution in [0.3, 0.4) is 0 Å². The van der Waals surface area contributed by atoms with Crippen molar-refractivity contribution in [3.63, 3.8) is 0 Å². The Morgan fingerprint density at radius 2 is 1.84 bits per heavy atom. The van der Waals surface area contributed by atoms with Crippen molar-refractivity contribution in [2.75, 3.05) is 13.1 Å². The average Bonchev–Trinajstić information content (AvgIpc) is 2.41. The second kappa shape index (κ2) is 5.91. The van der Waals surface area contributed by atoms with E-state index in [1.807, 2.05) is 0 Å². The molecule has 0 radical (unpaired) electrons. The van der Waals surface area contributed by atoms with Crippen LogP contribution >= 0.6 is 11.6 Å². The van der Waals surface area contributed by atoms with Crippen LogP contribution in [0.4, 0.5) is 0 Å². The third-order valence-corrected chi connectivity index (χ3v) is 5.39. The van der Waals surface area contributed by atoms with Crippen molar-refractivity contribution >= 4 is 21.6 Å². The van der Waals surface area contributed by atoms with Crippen LogP contribution in [-0.2, 0) is 15.8 Å². The summed E-state index contributed by atoms with van der Waals surface area (Å²) in [5.41, 5.74) is 0.729. The van der Waals surface area contributed by atoms with Crippen LogP contribution in [0.1, 0.15) is 18.4 Å². The third kappa shape index (κ3) is 3.69. The van der Waals surface area contributed by atoms with Crippen molar-refractivity contribution in [1.29, 1.82) is 5.26 Å². The average molecular weight is 299 g/mol. The molecule has 0 unspecified atom stereocenters. The molecule has 19 heavy (non-hydrogen) atoms. The summed E-state index contributed by atoms with van der Waals surface area (Å²) in [4.78, 5) is 0. The lowest BCUT2D eigenvalue weighted by Crippen LogP contribution is -2.38. The van der Waals surface area contributed by atoms with E-state index in [9.17, 15) is 8.42 Å². The highest BCUT2D eigenvalue weighted by molar-refractivity contribution is 7.88. The van der Waals surface area contributed by atoms with Crippen molar-refractivity contribution in [2.24, 2.45) is 5.92 Å². The minimum Gasteiger partial charge on any atom is -0.212 e. The molecule has 4 nitrogen and oxygen atoms in total. The molecule has 6 heteroatoms. The summed E-state index contributed by atoms with van der Waals surface area (Å²) in [6.45, 7) is 0.877. The van der Waals surface area contributed by atoms with Gasteiger partial charge in [0.25, 0.3) is 0 Å². The van der Waals surface area contributed by atoms with Crippen molar-refractivity contribution in [1.82, 2.24) is 4.31 Å². The molecule has 1 aromatic rings. The van der Waals surface area contributed by atoms with Crippen LogP contribution in [0, 0.1) is 17.2 Å². The normalized spacial score (nSPS) is 18.1. The highest BCUT2D eigenvalue weighted by atomic mass is 35.5. The van der Waals surface area contributed by atoms with Gasteiger partial charge in [0.2, 0.25) is 10.0 Å². The van der Waals surface area contributed by atoms with Crippen molar-refractivity contribution < 1.29 is 8.42 Å². The minimum absolute atomic E-state index is 0.0121. The van der Waals surface area contributed by atoms with Gasteiger partial charge in [-0.2, -0.15) is 5.26 Å². The molecule has 1 aromatic carbocycles. The molecule has 0 N–H and O–H groups in total. The van der Waals surface area contributed by atoms with E-state index in [2.05, 4.69) is 6.07 Å². The number of rotatable bonds is 3. The molecule has 0 aromatic heterocycles. The van der Waals surface area contributed by atoms with E-state index in [1.165, 1.54) is 4.31 Å². The Hall–Kier alpha value is -1.09. The van der Waals surface area contributed by atoms with Crippen molar-refractivity contribution in [3.8, 4) is 6.07 Å². The summed E-state index contributed by atoms with van der Waals surface area (Å²) in [7, 11) is -3.30. The Balaban J connectivity index is 2.03. The molecule has 1 aliphatic rings. The Morgan fingerprint density at radius 3 is 2.37 bits per heavy atom. The van der Waals surface area contributed by atoms with E-state index in [0.29, 0.717) is 31.0 Å². The minimum atomic E-state index is -3.30. The van der Waals surface area contributed by atoms with E-state index in [1.54, 1.807) is 24.3 Å². The van der Waals surface area contributed by atoms with Gasteiger partial charge < -0.3 is 0 Å². The maximum atomic E-state index is 12.2. The zero-order valence-electron chi connectivity index (χ0n) is 10.4. The van der Waals surface area contributed by atoms with Crippen LogP contribution in [0.2, 0.25) is 5.02 Å². The molecule has 1 saturated heterocycles. The molecule has 0 amide bonds. The molecule has 0 atom stereocenters. The molecule has 1 heterocycles. The number of hydrogen-bond donors (Lipinski definition) is 0. The number of nitrogens with zero attached hydrogens (tertiary/aromatic N) is 2. The topological polar surface area (TPSA) is 61.2 Å². The predicted octanol–water partition coefficient (Wildman–Crippen LogP) is 2.41. The maximum Gasteiger partial charge on any atom is 0.218 e. The summed E-state index contributed by atoms with van der Waals surface area (Å²) >= 11 is 5.77. The molecular formula is C13H15ClN2O2S. The van der Waals surface area contributed by atoms with Gasteiger partial charge in [0.1, 0.15) is 0 Å². The number of nitriles is 1. The van der Waals surface area contributed by atoms with Gasteiger partial charge in [-0.1, -0.05) is 23.7 Å². The first-order chi connectivity index (χ1) is 9.01. The Morgan fingerprint density at radius 1 is 1.26 bits per heavy atom.